The summed E-state index contributed by atoms with van der Waals surface area (Å²) in [6.45, 7) is 0. The van der Waals surface area contributed by atoms with Crippen molar-refractivity contribution in [3.8, 4) is 17.2 Å². The van der Waals surface area contributed by atoms with Crippen molar-refractivity contribution >= 4 is 28.1 Å². The van der Waals surface area contributed by atoms with Gasteiger partial charge in [-0.15, -0.1) is 0 Å². The van der Waals surface area contributed by atoms with Crippen LogP contribution in [0.3, 0.4) is 0 Å². The van der Waals surface area contributed by atoms with E-state index in [-0.39, 0.29) is 17.2 Å². The maximum atomic E-state index is 9.36. The number of aromatic hydroxyl groups is 3. The van der Waals surface area contributed by atoms with Crippen LogP contribution in [-0.2, 0) is 0 Å². The van der Waals surface area contributed by atoms with E-state index in [1.807, 2.05) is 6.08 Å². The zero-order valence-corrected chi connectivity index (χ0v) is 10.9. The second-order valence-corrected chi connectivity index (χ2v) is 4.68. The van der Waals surface area contributed by atoms with Gasteiger partial charge in [0.15, 0.2) is 0 Å². The molecule has 2 aromatic rings. The lowest BCUT2D eigenvalue weighted by atomic mass is 10.1. The van der Waals surface area contributed by atoms with E-state index in [9.17, 15) is 15.3 Å². The predicted octanol–water partition coefficient (Wildman–Crippen LogP) is 3.74. The third kappa shape index (κ3) is 3.05. The first kappa shape index (κ1) is 12.5. The molecule has 4 heteroatoms. The van der Waals surface area contributed by atoms with Crippen molar-refractivity contribution < 1.29 is 15.3 Å². The summed E-state index contributed by atoms with van der Waals surface area (Å²) < 4.78 is 0.614. The first-order valence-corrected chi connectivity index (χ1v) is 6.03. The van der Waals surface area contributed by atoms with Crippen LogP contribution in [0.5, 0.6) is 17.2 Å². The van der Waals surface area contributed by atoms with Gasteiger partial charge in [-0.3, -0.25) is 0 Å². The Morgan fingerprint density at radius 2 is 1.39 bits per heavy atom. The minimum Gasteiger partial charge on any atom is -0.508 e. The average Bonchev–Trinajstić information content (AvgIpc) is 2.29. The molecule has 0 radical (unpaired) electrons. The molecular weight excluding hydrogens is 296 g/mol. The Bertz CT molecular complexity index is 586. The lowest BCUT2D eigenvalue weighted by molar-refractivity contribution is 0.450. The summed E-state index contributed by atoms with van der Waals surface area (Å²) in [5.74, 6) is 0.213. The quantitative estimate of drug-likeness (QED) is 0.741. The van der Waals surface area contributed by atoms with Crippen LogP contribution < -0.4 is 0 Å². The Morgan fingerprint density at radius 3 is 2.00 bits per heavy atom. The number of hydrogen-bond donors (Lipinski definition) is 3. The van der Waals surface area contributed by atoms with Gasteiger partial charge in [0.1, 0.15) is 17.2 Å². The molecule has 2 aromatic carbocycles. The molecule has 0 aliphatic carbocycles. The fraction of sp³-hybridized carbons (Fsp3) is 0. The van der Waals surface area contributed by atoms with E-state index in [4.69, 9.17) is 0 Å². The van der Waals surface area contributed by atoms with Gasteiger partial charge in [0.25, 0.3) is 0 Å². The fourth-order valence-electron chi connectivity index (χ4n) is 1.53. The van der Waals surface area contributed by atoms with Gasteiger partial charge in [0.05, 0.1) is 4.47 Å². The molecular formula is C14H11BrO3. The summed E-state index contributed by atoms with van der Waals surface area (Å²) in [6, 6.07) is 9.49. The van der Waals surface area contributed by atoms with E-state index in [2.05, 4.69) is 15.9 Å². The molecule has 0 bridgehead atoms. The second kappa shape index (κ2) is 5.14. The molecule has 2 rings (SSSR count). The van der Waals surface area contributed by atoms with Crippen LogP contribution in [-0.4, -0.2) is 15.3 Å². The molecule has 0 aromatic heterocycles. The van der Waals surface area contributed by atoms with Crippen molar-refractivity contribution in [2.24, 2.45) is 0 Å². The minimum atomic E-state index is 0.0153. The number of hydrogen-bond acceptors (Lipinski definition) is 3. The van der Waals surface area contributed by atoms with Gasteiger partial charge in [-0.1, -0.05) is 18.2 Å². The Labute approximate surface area is 113 Å². The lowest BCUT2D eigenvalue weighted by Gasteiger charge is -2.00. The Morgan fingerprint density at radius 1 is 0.778 bits per heavy atom. The Kier molecular flexibility index (Phi) is 3.58. The molecule has 92 valence electrons. The smallest absolute Gasteiger partial charge is 0.129 e. The highest BCUT2D eigenvalue weighted by Crippen LogP contribution is 2.26. The molecule has 0 aliphatic rings. The molecule has 3 N–H and O–H groups in total. The highest BCUT2D eigenvalue weighted by Gasteiger charge is 1.98. The second-order valence-electron chi connectivity index (χ2n) is 3.83. The van der Waals surface area contributed by atoms with Crippen molar-refractivity contribution in [3.05, 3.63) is 52.0 Å². The molecule has 18 heavy (non-hydrogen) atoms. The molecule has 0 atom stereocenters. The Balaban J connectivity index is 2.27. The van der Waals surface area contributed by atoms with Gasteiger partial charge >= 0.3 is 0 Å². The number of halogens is 1. The van der Waals surface area contributed by atoms with Crippen LogP contribution >= 0.6 is 15.9 Å². The third-order valence-electron chi connectivity index (χ3n) is 2.36. The van der Waals surface area contributed by atoms with Gasteiger partial charge in [-0.2, -0.15) is 0 Å². The number of benzene rings is 2. The number of phenols is 3. The van der Waals surface area contributed by atoms with E-state index >= 15 is 0 Å². The highest BCUT2D eigenvalue weighted by molar-refractivity contribution is 9.10. The molecule has 0 aliphatic heterocycles. The van der Waals surface area contributed by atoms with Crippen molar-refractivity contribution in [3.63, 3.8) is 0 Å². The van der Waals surface area contributed by atoms with Crippen LogP contribution in [0.25, 0.3) is 12.2 Å². The summed E-state index contributed by atoms with van der Waals surface area (Å²) in [5.41, 5.74) is 1.58. The van der Waals surface area contributed by atoms with Crippen LogP contribution in [0.4, 0.5) is 0 Å². The number of phenolic OH excluding ortho intramolecular Hbond substituents is 3. The fourth-order valence-corrected chi connectivity index (χ4v) is 1.93. The number of rotatable bonds is 2. The average molecular weight is 307 g/mol. The summed E-state index contributed by atoms with van der Waals surface area (Å²) in [7, 11) is 0. The first-order chi connectivity index (χ1) is 8.54. The highest BCUT2D eigenvalue weighted by atomic mass is 79.9. The van der Waals surface area contributed by atoms with Gasteiger partial charge < -0.3 is 15.3 Å². The zero-order chi connectivity index (χ0) is 13.1. The topological polar surface area (TPSA) is 60.7 Å². The van der Waals surface area contributed by atoms with E-state index in [0.29, 0.717) is 10.0 Å². The van der Waals surface area contributed by atoms with Gasteiger partial charge in [0, 0.05) is 6.07 Å². The normalized spacial score (nSPS) is 10.9. The third-order valence-corrected chi connectivity index (χ3v) is 3.00. The van der Waals surface area contributed by atoms with Gasteiger partial charge in [-0.25, -0.2) is 0 Å². The van der Waals surface area contributed by atoms with Gasteiger partial charge in [-0.05, 0) is 51.3 Å². The van der Waals surface area contributed by atoms with Crippen molar-refractivity contribution in [1.29, 1.82) is 0 Å². The van der Waals surface area contributed by atoms with Crippen LogP contribution in [0.2, 0.25) is 0 Å². The largest absolute Gasteiger partial charge is 0.508 e. The SMILES string of the molecule is Oc1cc(O)cc(C=Cc2ccc(O)c(Br)c2)c1. The molecule has 3 nitrogen and oxygen atoms in total. The maximum absolute atomic E-state index is 9.36. The molecule has 0 saturated carbocycles. The summed E-state index contributed by atoms with van der Waals surface area (Å²) in [6.07, 6.45) is 3.58. The van der Waals surface area contributed by atoms with E-state index in [1.54, 1.807) is 36.4 Å². The summed E-state index contributed by atoms with van der Waals surface area (Å²) in [5, 5.41) is 28.0. The molecule has 0 saturated heterocycles. The van der Waals surface area contributed by atoms with E-state index in [1.165, 1.54) is 6.07 Å². The first-order valence-electron chi connectivity index (χ1n) is 5.24. The Hall–Kier alpha value is -1.94. The maximum Gasteiger partial charge on any atom is 0.129 e. The predicted molar refractivity (Wildman–Crippen MR) is 74.5 cm³/mol. The van der Waals surface area contributed by atoms with Crippen LogP contribution in [0, 0.1) is 0 Å². The zero-order valence-electron chi connectivity index (χ0n) is 9.34. The van der Waals surface area contributed by atoms with Crippen LogP contribution in [0.15, 0.2) is 40.9 Å². The van der Waals surface area contributed by atoms with E-state index < -0.39 is 0 Å². The molecule has 0 spiro atoms. The molecule has 0 heterocycles. The van der Waals surface area contributed by atoms with E-state index in [0.717, 1.165) is 5.56 Å². The van der Waals surface area contributed by atoms with Crippen molar-refractivity contribution in [2.45, 2.75) is 0 Å². The van der Waals surface area contributed by atoms with Gasteiger partial charge in [0.2, 0.25) is 0 Å². The molecule has 0 fully saturated rings. The van der Waals surface area contributed by atoms with Crippen molar-refractivity contribution in [2.75, 3.05) is 0 Å². The summed E-state index contributed by atoms with van der Waals surface area (Å²) >= 11 is 3.23. The van der Waals surface area contributed by atoms with Crippen LogP contribution in [0.1, 0.15) is 11.1 Å². The standard InChI is InChI=1S/C14H11BrO3/c15-13-7-9(3-4-14(13)18)1-2-10-5-11(16)8-12(17)6-10/h1-8,16-18H. The molecule has 0 unspecified atom stereocenters. The van der Waals surface area contributed by atoms with Crippen molar-refractivity contribution in [1.82, 2.24) is 0 Å². The molecule has 0 amide bonds. The minimum absolute atomic E-state index is 0.0153. The summed E-state index contributed by atoms with van der Waals surface area (Å²) in [4.78, 5) is 0. The monoisotopic (exact) mass is 306 g/mol. The lowest BCUT2D eigenvalue weighted by Crippen LogP contribution is -1.75.